The van der Waals surface area contributed by atoms with Crippen molar-refractivity contribution in [2.24, 2.45) is 0 Å². The predicted octanol–water partition coefficient (Wildman–Crippen LogP) is 1.60. The molecule has 3 rings (SSSR count). The number of amides is 1. The molecule has 1 aromatic carbocycles. The molecule has 0 N–H and O–H groups in total. The minimum atomic E-state index is 0.120. The van der Waals surface area contributed by atoms with Gasteiger partial charge in [0.2, 0.25) is 5.91 Å². The lowest BCUT2D eigenvalue weighted by molar-refractivity contribution is -0.134. The molecule has 22 heavy (non-hydrogen) atoms. The summed E-state index contributed by atoms with van der Waals surface area (Å²) in [6.07, 6.45) is 3.48. The lowest BCUT2D eigenvalue weighted by atomic mass is 9.87. The van der Waals surface area contributed by atoms with Gasteiger partial charge in [-0.3, -0.25) is 9.69 Å². The number of rotatable bonds is 2. The van der Waals surface area contributed by atoms with E-state index in [0.29, 0.717) is 6.54 Å². The zero-order chi connectivity index (χ0) is 15.7. The van der Waals surface area contributed by atoms with Gasteiger partial charge < -0.3 is 9.80 Å². The molecular formula is C18H27N3O. The molecule has 0 saturated carbocycles. The van der Waals surface area contributed by atoms with Gasteiger partial charge in [0.15, 0.2) is 0 Å². The van der Waals surface area contributed by atoms with Crippen LogP contribution in [0.2, 0.25) is 0 Å². The van der Waals surface area contributed by atoms with Gasteiger partial charge in [-0.15, -0.1) is 0 Å². The second-order valence-corrected chi connectivity index (χ2v) is 7.18. The van der Waals surface area contributed by atoms with Gasteiger partial charge in [-0.2, -0.15) is 0 Å². The minimum absolute atomic E-state index is 0.120. The molecule has 1 unspecified atom stereocenters. The number of benzene rings is 1. The van der Waals surface area contributed by atoms with E-state index in [9.17, 15) is 4.79 Å². The molecule has 1 spiro atoms. The third-order valence-electron chi connectivity index (χ3n) is 5.23. The van der Waals surface area contributed by atoms with Crippen molar-refractivity contribution in [2.45, 2.75) is 31.3 Å². The number of hydrogen-bond donors (Lipinski definition) is 0. The van der Waals surface area contributed by atoms with Crippen LogP contribution in [0.3, 0.4) is 0 Å². The Hall–Kier alpha value is -1.39. The van der Waals surface area contributed by atoms with Gasteiger partial charge in [0.1, 0.15) is 0 Å². The first kappa shape index (κ1) is 15.5. The molecule has 4 nitrogen and oxygen atoms in total. The van der Waals surface area contributed by atoms with Crippen LogP contribution >= 0.6 is 0 Å². The third-order valence-corrected chi connectivity index (χ3v) is 5.23. The molecular weight excluding hydrogens is 274 g/mol. The van der Waals surface area contributed by atoms with Gasteiger partial charge >= 0.3 is 0 Å². The Bertz CT molecular complexity index is 557. The van der Waals surface area contributed by atoms with Crippen LogP contribution in [0.4, 0.5) is 0 Å². The fraction of sp³-hybridized carbons (Fsp3) is 0.611. The maximum absolute atomic E-state index is 12.7. The van der Waals surface area contributed by atoms with Crippen LogP contribution < -0.4 is 0 Å². The zero-order valence-electron chi connectivity index (χ0n) is 14.0. The molecule has 0 aromatic heterocycles. The Morgan fingerprint density at radius 2 is 2.00 bits per heavy atom. The number of likely N-dealkylation sites (tertiary alicyclic amines) is 1. The van der Waals surface area contributed by atoms with Gasteiger partial charge in [0, 0.05) is 18.6 Å². The number of fused-ring (bicyclic) bond motifs is 1. The van der Waals surface area contributed by atoms with Crippen molar-refractivity contribution in [1.82, 2.24) is 14.7 Å². The molecule has 1 saturated heterocycles. The molecule has 2 aliphatic heterocycles. The molecule has 0 radical (unpaired) electrons. The van der Waals surface area contributed by atoms with Crippen molar-refractivity contribution in [3.05, 3.63) is 35.4 Å². The average Bonchev–Trinajstić information content (AvgIpc) is 2.71. The van der Waals surface area contributed by atoms with Crippen LogP contribution in [0, 0.1) is 0 Å². The van der Waals surface area contributed by atoms with Crippen LogP contribution in [0.1, 0.15) is 24.0 Å². The largest absolute Gasteiger partial charge is 0.335 e. The normalized spacial score (nSPS) is 25.5. The number of carbonyl (C=O) groups excluding carboxylic acids is 1. The molecule has 1 atom stereocenters. The second kappa shape index (κ2) is 6.01. The van der Waals surface area contributed by atoms with E-state index in [1.54, 1.807) is 0 Å². The second-order valence-electron chi connectivity index (χ2n) is 7.18. The van der Waals surface area contributed by atoms with Gasteiger partial charge in [-0.05, 0) is 58.1 Å². The number of nitrogens with zero attached hydrogens (tertiary/aromatic N) is 3. The highest BCUT2D eigenvalue weighted by Gasteiger charge is 2.43. The fourth-order valence-electron chi connectivity index (χ4n) is 3.95. The first-order chi connectivity index (χ1) is 10.5. The van der Waals surface area contributed by atoms with Crippen LogP contribution in [0.5, 0.6) is 0 Å². The standard InChI is InChI=1S/C18H27N3O/c1-19(2)13-17(22)21-12-16-8-5-4-7-15(16)11-18(14-21)9-6-10-20(18)3/h4-5,7-8H,6,9-14H2,1-3H3. The molecule has 1 fully saturated rings. The lowest BCUT2D eigenvalue weighted by Crippen LogP contribution is -2.53. The van der Waals surface area contributed by atoms with Crippen LogP contribution in [0.25, 0.3) is 0 Å². The highest BCUT2D eigenvalue weighted by Crippen LogP contribution is 2.36. The topological polar surface area (TPSA) is 26.8 Å². The highest BCUT2D eigenvalue weighted by atomic mass is 16.2. The molecule has 1 aromatic rings. The van der Waals surface area contributed by atoms with Crippen molar-refractivity contribution in [3.8, 4) is 0 Å². The van der Waals surface area contributed by atoms with Gasteiger partial charge in [0.25, 0.3) is 0 Å². The zero-order valence-corrected chi connectivity index (χ0v) is 14.0. The summed E-state index contributed by atoms with van der Waals surface area (Å²) in [6.45, 7) is 3.23. The van der Waals surface area contributed by atoms with E-state index < -0.39 is 0 Å². The Labute approximate surface area is 133 Å². The van der Waals surface area contributed by atoms with Crippen LogP contribution in [0.15, 0.2) is 24.3 Å². The Balaban J connectivity index is 1.94. The maximum Gasteiger partial charge on any atom is 0.237 e. The lowest BCUT2D eigenvalue weighted by Gasteiger charge is -2.39. The van der Waals surface area contributed by atoms with Crippen molar-refractivity contribution < 1.29 is 4.79 Å². The van der Waals surface area contributed by atoms with E-state index in [0.717, 1.165) is 26.1 Å². The first-order valence-corrected chi connectivity index (χ1v) is 8.21. The highest BCUT2D eigenvalue weighted by molar-refractivity contribution is 5.78. The van der Waals surface area contributed by atoms with Gasteiger partial charge in [0.05, 0.1) is 6.54 Å². The van der Waals surface area contributed by atoms with Crippen molar-refractivity contribution in [1.29, 1.82) is 0 Å². The summed E-state index contributed by atoms with van der Waals surface area (Å²) in [5.41, 5.74) is 2.84. The molecule has 0 aliphatic carbocycles. The third kappa shape index (κ3) is 2.90. The van der Waals surface area contributed by atoms with Crippen LogP contribution in [-0.2, 0) is 17.8 Å². The predicted molar refractivity (Wildman–Crippen MR) is 88.7 cm³/mol. The number of hydrogen-bond acceptors (Lipinski definition) is 3. The molecule has 2 aliphatic rings. The van der Waals surface area contributed by atoms with Gasteiger partial charge in [-0.1, -0.05) is 24.3 Å². The first-order valence-electron chi connectivity index (χ1n) is 8.21. The Kier molecular flexibility index (Phi) is 4.24. The van der Waals surface area contributed by atoms with Crippen molar-refractivity contribution >= 4 is 5.91 Å². The summed E-state index contributed by atoms with van der Waals surface area (Å²) >= 11 is 0. The number of carbonyl (C=O) groups is 1. The minimum Gasteiger partial charge on any atom is -0.335 e. The van der Waals surface area contributed by atoms with Crippen molar-refractivity contribution in [3.63, 3.8) is 0 Å². The van der Waals surface area contributed by atoms with E-state index in [-0.39, 0.29) is 11.4 Å². The molecule has 0 bridgehead atoms. The van der Waals surface area contributed by atoms with Gasteiger partial charge in [-0.25, -0.2) is 0 Å². The molecule has 120 valence electrons. The molecule has 2 heterocycles. The summed E-state index contributed by atoms with van der Waals surface area (Å²) in [7, 11) is 6.14. The summed E-state index contributed by atoms with van der Waals surface area (Å²) in [4.78, 5) is 19.2. The summed E-state index contributed by atoms with van der Waals surface area (Å²) in [5, 5.41) is 0. The van der Waals surface area contributed by atoms with Crippen molar-refractivity contribution in [2.75, 3.05) is 40.8 Å². The summed E-state index contributed by atoms with van der Waals surface area (Å²) in [5.74, 6) is 0.237. The fourth-order valence-corrected chi connectivity index (χ4v) is 3.95. The summed E-state index contributed by atoms with van der Waals surface area (Å²) in [6, 6.07) is 8.63. The summed E-state index contributed by atoms with van der Waals surface area (Å²) < 4.78 is 0. The maximum atomic E-state index is 12.7. The average molecular weight is 301 g/mol. The van der Waals surface area contributed by atoms with E-state index >= 15 is 0 Å². The molecule has 1 amide bonds. The smallest absolute Gasteiger partial charge is 0.237 e. The Morgan fingerprint density at radius 3 is 2.64 bits per heavy atom. The van der Waals surface area contributed by atoms with E-state index in [4.69, 9.17) is 0 Å². The Morgan fingerprint density at radius 1 is 1.27 bits per heavy atom. The van der Waals surface area contributed by atoms with E-state index in [1.165, 1.54) is 24.0 Å². The van der Waals surface area contributed by atoms with E-state index in [2.05, 4.69) is 41.1 Å². The quantitative estimate of drug-likeness (QED) is 0.830. The number of likely N-dealkylation sites (N-methyl/N-ethyl adjacent to an activating group) is 2. The van der Waals surface area contributed by atoms with Crippen LogP contribution in [-0.4, -0.2) is 66.9 Å². The molecule has 4 heteroatoms. The monoisotopic (exact) mass is 301 g/mol. The van der Waals surface area contributed by atoms with E-state index in [1.807, 2.05) is 19.0 Å². The SMILES string of the molecule is CN(C)CC(=O)N1Cc2ccccc2CC2(CCCN2C)C1.